The summed E-state index contributed by atoms with van der Waals surface area (Å²) < 4.78 is 5.03. The van der Waals surface area contributed by atoms with Gasteiger partial charge in [0.1, 0.15) is 0 Å². The van der Waals surface area contributed by atoms with E-state index in [0.29, 0.717) is 23.6 Å². The van der Waals surface area contributed by atoms with Gasteiger partial charge < -0.3 is 10.1 Å². The molecule has 20 heavy (non-hydrogen) atoms. The number of rotatable bonds is 5. The number of anilines is 1. The molecule has 1 N–H and O–H groups in total. The minimum atomic E-state index is -0.320. The van der Waals surface area contributed by atoms with Crippen LogP contribution in [0.1, 0.15) is 48.0 Å². The van der Waals surface area contributed by atoms with Crippen LogP contribution in [0.25, 0.3) is 0 Å². The van der Waals surface area contributed by atoms with Crippen LogP contribution in [0.5, 0.6) is 0 Å². The molecule has 0 aromatic carbocycles. The third kappa shape index (κ3) is 3.67. The van der Waals surface area contributed by atoms with E-state index in [2.05, 4.69) is 16.6 Å². The zero-order chi connectivity index (χ0) is 14.5. The molecule has 0 bridgehead atoms. The molecule has 0 spiro atoms. The van der Waals surface area contributed by atoms with E-state index >= 15 is 0 Å². The third-order valence-corrected chi connectivity index (χ3v) is 5.65. The van der Waals surface area contributed by atoms with Gasteiger partial charge in [-0.3, -0.25) is 0 Å². The number of carbonyl (C=O) groups excluding carboxylic acids is 1. The largest absolute Gasteiger partial charge is 0.461 e. The maximum atomic E-state index is 11.8. The van der Waals surface area contributed by atoms with Gasteiger partial charge in [-0.1, -0.05) is 12.8 Å². The summed E-state index contributed by atoms with van der Waals surface area (Å²) >= 11 is 3.46. The first-order valence-corrected chi connectivity index (χ1v) is 9.20. The standard InChI is InChI=1S/C14H22N2O2S2/c1-4-18-13(17)12-9(2)20-14(16-12)15-10-7-5-6-8-11(10)19-3/h10-11H,4-8H2,1-3H3,(H,15,16). The van der Waals surface area contributed by atoms with E-state index in [0.717, 1.165) is 10.0 Å². The Bertz CT molecular complexity index is 462. The van der Waals surface area contributed by atoms with E-state index in [4.69, 9.17) is 4.74 Å². The molecule has 1 heterocycles. The van der Waals surface area contributed by atoms with Crippen LogP contribution in [0.4, 0.5) is 5.13 Å². The van der Waals surface area contributed by atoms with Crippen LogP contribution < -0.4 is 5.32 Å². The van der Waals surface area contributed by atoms with Crippen molar-refractivity contribution in [3.8, 4) is 0 Å². The highest BCUT2D eigenvalue weighted by Gasteiger charge is 2.26. The van der Waals surface area contributed by atoms with Gasteiger partial charge in [0.25, 0.3) is 0 Å². The van der Waals surface area contributed by atoms with Crippen LogP contribution in [-0.4, -0.2) is 35.1 Å². The lowest BCUT2D eigenvalue weighted by Crippen LogP contribution is -2.34. The number of nitrogens with zero attached hydrogens (tertiary/aromatic N) is 1. The molecule has 4 nitrogen and oxygen atoms in total. The summed E-state index contributed by atoms with van der Waals surface area (Å²) in [6.07, 6.45) is 7.19. The second kappa shape index (κ2) is 7.31. The van der Waals surface area contributed by atoms with Gasteiger partial charge in [-0.05, 0) is 32.9 Å². The Morgan fingerprint density at radius 1 is 1.50 bits per heavy atom. The Kier molecular flexibility index (Phi) is 5.72. The number of aryl methyl sites for hydroxylation is 1. The number of aromatic nitrogens is 1. The van der Waals surface area contributed by atoms with Crippen molar-refractivity contribution in [2.45, 2.75) is 50.8 Å². The lowest BCUT2D eigenvalue weighted by molar-refractivity contribution is 0.0519. The van der Waals surface area contributed by atoms with Crippen LogP contribution in [0.15, 0.2) is 0 Å². The van der Waals surface area contributed by atoms with Crippen molar-refractivity contribution < 1.29 is 9.53 Å². The van der Waals surface area contributed by atoms with E-state index in [9.17, 15) is 4.79 Å². The predicted molar refractivity (Wildman–Crippen MR) is 86.0 cm³/mol. The van der Waals surface area contributed by atoms with Gasteiger partial charge in [0.15, 0.2) is 10.8 Å². The Morgan fingerprint density at radius 3 is 2.95 bits per heavy atom. The lowest BCUT2D eigenvalue weighted by atomic mass is 9.95. The SMILES string of the molecule is CCOC(=O)c1nc(NC2CCCCC2SC)sc1C. The fourth-order valence-corrected chi connectivity index (χ4v) is 4.35. The lowest BCUT2D eigenvalue weighted by Gasteiger charge is -2.30. The van der Waals surface area contributed by atoms with Gasteiger partial charge >= 0.3 is 5.97 Å². The number of carbonyl (C=O) groups is 1. The van der Waals surface area contributed by atoms with E-state index < -0.39 is 0 Å². The van der Waals surface area contributed by atoms with Gasteiger partial charge in [-0.2, -0.15) is 11.8 Å². The molecule has 2 rings (SSSR count). The minimum absolute atomic E-state index is 0.320. The quantitative estimate of drug-likeness (QED) is 0.840. The highest BCUT2D eigenvalue weighted by Crippen LogP contribution is 2.31. The van der Waals surface area contributed by atoms with Gasteiger partial charge in [0.05, 0.1) is 6.61 Å². The molecule has 2 atom stereocenters. The topological polar surface area (TPSA) is 51.2 Å². The van der Waals surface area contributed by atoms with E-state index in [1.165, 1.54) is 25.7 Å². The summed E-state index contributed by atoms with van der Waals surface area (Å²) in [5, 5.41) is 5.00. The normalized spacial score (nSPS) is 22.6. The maximum absolute atomic E-state index is 11.8. The average molecular weight is 314 g/mol. The summed E-state index contributed by atoms with van der Waals surface area (Å²) in [5.74, 6) is -0.320. The number of nitrogens with one attached hydrogen (secondary N) is 1. The number of hydrogen-bond acceptors (Lipinski definition) is 6. The summed E-state index contributed by atoms with van der Waals surface area (Å²) in [6.45, 7) is 4.11. The number of ether oxygens (including phenoxy) is 1. The van der Waals surface area contributed by atoms with Crippen LogP contribution in [0.2, 0.25) is 0 Å². The molecule has 1 aromatic rings. The van der Waals surface area contributed by atoms with Crippen molar-refractivity contribution in [1.82, 2.24) is 4.98 Å². The zero-order valence-electron chi connectivity index (χ0n) is 12.3. The van der Waals surface area contributed by atoms with Crippen molar-refractivity contribution in [2.24, 2.45) is 0 Å². The molecule has 0 saturated heterocycles. The molecule has 0 radical (unpaired) electrons. The summed E-state index contributed by atoms with van der Waals surface area (Å²) in [7, 11) is 0. The molecule has 1 aliphatic carbocycles. The summed E-state index contributed by atoms with van der Waals surface area (Å²) in [6, 6.07) is 0.458. The van der Waals surface area contributed by atoms with Crippen LogP contribution in [0.3, 0.4) is 0 Å². The number of thioether (sulfide) groups is 1. The average Bonchev–Trinajstić information content (AvgIpc) is 2.80. The van der Waals surface area contributed by atoms with E-state index in [-0.39, 0.29) is 5.97 Å². The first-order chi connectivity index (χ1) is 9.65. The van der Waals surface area contributed by atoms with Crippen molar-refractivity contribution in [3.05, 3.63) is 10.6 Å². The number of esters is 1. The molecular weight excluding hydrogens is 292 g/mol. The van der Waals surface area contributed by atoms with E-state index in [1.807, 2.05) is 25.6 Å². The first kappa shape index (κ1) is 15.6. The molecule has 1 aliphatic rings. The molecule has 1 saturated carbocycles. The highest BCUT2D eigenvalue weighted by atomic mass is 32.2. The predicted octanol–water partition coefficient (Wildman–Crippen LogP) is 3.71. The van der Waals surface area contributed by atoms with Gasteiger partial charge in [-0.25, -0.2) is 9.78 Å². The molecule has 6 heteroatoms. The van der Waals surface area contributed by atoms with Crippen LogP contribution in [-0.2, 0) is 4.74 Å². The summed E-state index contributed by atoms with van der Waals surface area (Å²) in [5.41, 5.74) is 0.455. The molecule has 2 unspecified atom stereocenters. The Labute approximate surface area is 128 Å². The molecule has 0 aliphatic heterocycles. The minimum Gasteiger partial charge on any atom is -0.461 e. The van der Waals surface area contributed by atoms with Crippen molar-refractivity contribution in [1.29, 1.82) is 0 Å². The smallest absolute Gasteiger partial charge is 0.358 e. The fraction of sp³-hybridized carbons (Fsp3) is 0.714. The van der Waals surface area contributed by atoms with Gasteiger partial charge in [-0.15, -0.1) is 11.3 Å². The zero-order valence-corrected chi connectivity index (χ0v) is 13.9. The molecule has 1 fully saturated rings. The van der Waals surface area contributed by atoms with E-state index in [1.54, 1.807) is 11.3 Å². The number of thiazole rings is 1. The van der Waals surface area contributed by atoms with Crippen molar-refractivity contribution in [2.75, 3.05) is 18.2 Å². The Balaban J connectivity index is 2.06. The van der Waals surface area contributed by atoms with Crippen LogP contribution >= 0.6 is 23.1 Å². The van der Waals surface area contributed by atoms with Gasteiger partial charge in [0, 0.05) is 16.2 Å². The molecular formula is C14H22N2O2S2. The number of hydrogen-bond donors (Lipinski definition) is 1. The van der Waals surface area contributed by atoms with Crippen molar-refractivity contribution >= 4 is 34.2 Å². The monoisotopic (exact) mass is 314 g/mol. The molecule has 1 aromatic heterocycles. The Morgan fingerprint density at radius 2 is 2.25 bits per heavy atom. The van der Waals surface area contributed by atoms with Gasteiger partial charge in [0.2, 0.25) is 0 Å². The fourth-order valence-electron chi connectivity index (χ4n) is 2.55. The Hall–Kier alpha value is -0.750. The summed E-state index contributed by atoms with van der Waals surface area (Å²) in [4.78, 5) is 17.1. The second-order valence-electron chi connectivity index (χ2n) is 4.95. The second-order valence-corrected chi connectivity index (χ2v) is 7.23. The molecule has 0 amide bonds. The molecule has 112 valence electrons. The highest BCUT2D eigenvalue weighted by molar-refractivity contribution is 7.99. The van der Waals surface area contributed by atoms with Crippen LogP contribution in [0, 0.1) is 6.92 Å². The first-order valence-electron chi connectivity index (χ1n) is 7.09. The maximum Gasteiger partial charge on any atom is 0.358 e. The third-order valence-electron chi connectivity index (χ3n) is 3.58. The van der Waals surface area contributed by atoms with Crippen molar-refractivity contribution in [3.63, 3.8) is 0 Å².